The zero-order valence-electron chi connectivity index (χ0n) is 10.7. The molecular weight excluding hydrogens is 239 g/mol. The van der Waals surface area contributed by atoms with Crippen molar-refractivity contribution >= 4 is 14.6 Å². The largest absolute Gasteiger partial charge is 0.394 e. The number of rotatable bonds is 11. The second-order valence-electron chi connectivity index (χ2n) is 4.29. The summed E-state index contributed by atoms with van der Waals surface area (Å²) in [5, 5.41) is 0. The minimum Gasteiger partial charge on any atom is -0.394 e. The summed E-state index contributed by atoms with van der Waals surface area (Å²) in [7, 11) is -2.53. The lowest BCUT2D eigenvalue weighted by Gasteiger charge is -2.04. The number of unbranched alkanes of at least 4 members (excludes halogenated alkanes) is 8. The fourth-order valence-corrected chi connectivity index (χ4v) is 1.99. The maximum absolute atomic E-state index is 10.9. The van der Waals surface area contributed by atoms with Gasteiger partial charge in [0, 0.05) is 6.42 Å². The van der Waals surface area contributed by atoms with Gasteiger partial charge in [0.15, 0.2) is 0 Å². The Balaban J connectivity index is 3.10. The molecule has 0 heterocycles. The molecule has 0 amide bonds. The Morgan fingerprint density at radius 1 is 0.941 bits per heavy atom. The van der Waals surface area contributed by atoms with Crippen LogP contribution < -0.4 is 0 Å². The lowest BCUT2D eigenvalue weighted by Crippen LogP contribution is -1.99. The van der Waals surface area contributed by atoms with Crippen molar-refractivity contribution in [2.45, 2.75) is 71.1 Å². The van der Waals surface area contributed by atoms with Crippen LogP contribution in [0.3, 0.4) is 0 Å². The molecule has 0 saturated carbocycles. The second-order valence-corrected chi connectivity index (χ2v) is 4.98. The molecule has 0 aromatic rings. The molecule has 0 aliphatic heterocycles. The molecule has 0 aliphatic carbocycles. The Hall–Kier alpha value is -0.180. The first-order chi connectivity index (χ1) is 8.16. The van der Waals surface area contributed by atoms with Gasteiger partial charge < -0.3 is 14.3 Å². The SMILES string of the molecule is CCCCCCCCCCCC(=O)OP(O)O. The molecule has 0 aromatic heterocycles. The van der Waals surface area contributed by atoms with Crippen LogP contribution >= 0.6 is 8.60 Å². The van der Waals surface area contributed by atoms with Crippen LogP contribution in [-0.4, -0.2) is 15.8 Å². The third-order valence-corrected chi connectivity index (χ3v) is 3.03. The molecule has 0 aliphatic rings. The van der Waals surface area contributed by atoms with Gasteiger partial charge in [-0.15, -0.1) is 0 Å². The highest BCUT2D eigenvalue weighted by Crippen LogP contribution is 2.25. The quantitative estimate of drug-likeness (QED) is 0.441. The fourth-order valence-electron chi connectivity index (χ4n) is 1.72. The number of hydrogen-bond acceptors (Lipinski definition) is 4. The standard InChI is InChI=1S/C12H25O4P/c1-2-3-4-5-6-7-8-9-10-11-12(13)16-17(14)15/h14-15H,2-11H2,1H3. The lowest BCUT2D eigenvalue weighted by atomic mass is 10.1. The van der Waals surface area contributed by atoms with Crippen molar-refractivity contribution in [3.05, 3.63) is 0 Å². The number of carbonyl (C=O) groups excluding carboxylic acids is 1. The molecule has 4 nitrogen and oxygen atoms in total. The van der Waals surface area contributed by atoms with E-state index in [-0.39, 0.29) is 6.42 Å². The highest BCUT2D eigenvalue weighted by atomic mass is 31.2. The Morgan fingerprint density at radius 2 is 1.41 bits per heavy atom. The van der Waals surface area contributed by atoms with E-state index in [1.165, 1.54) is 38.5 Å². The molecule has 17 heavy (non-hydrogen) atoms. The lowest BCUT2D eigenvalue weighted by molar-refractivity contribution is -0.134. The van der Waals surface area contributed by atoms with Crippen LogP contribution in [-0.2, 0) is 9.32 Å². The summed E-state index contributed by atoms with van der Waals surface area (Å²) < 4.78 is 4.26. The number of hydrogen-bond donors (Lipinski definition) is 2. The first kappa shape index (κ1) is 16.8. The molecule has 0 atom stereocenters. The summed E-state index contributed by atoms with van der Waals surface area (Å²) in [5.41, 5.74) is 0. The minimum atomic E-state index is -2.53. The summed E-state index contributed by atoms with van der Waals surface area (Å²) >= 11 is 0. The van der Waals surface area contributed by atoms with Gasteiger partial charge in [-0.2, -0.15) is 0 Å². The summed E-state index contributed by atoms with van der Waals surface area (Å²) in [4.78, 5) is 27.8. The van der Waals surface area contributed by atoms with Gasteiger partial charge in [-0.1, -0.05) is 58.3 Å². The van der Waals surface area contributed by atoms with E-state index in [2.05, 4.69) is 11.4 Å². The zero-order valence-corrected chi connectivity index (χ0v) is 11.6. The molecule has 0 saturated heterocycles. The monoisotopic (exact) mass is 264 g/mol. The Bertz CT molecular complexity index is 185. The van der Waals surface area contributed by atoms with Crippen molar-refractivity contribution < 1.29 is 19.1 Å². The Kier molecular flexibility index (Phi) is 12.2. The van der Waals surface area contributed by atoms with Crippen LogP contribution in [0.1, 0.15) is 71.1 Å². The van der Waals surface area contributed by atoms with Crippen LogP contribution in [0.5, 0.6) is 0 Å². The molecule has 0 unspecified atom stereocenters. The van der Waals surface area contributed by atoms with Crippen LogP contribution in [0, 0.1) is 0 Å². The molecule has 0 radical (unpaired) electrons. The molecule has 0 rings (SSSR count). The molecule has 0 fully saturated rings. The van der Waals surface area contributed by atoms with Gasteiger partial charge in [0.1, 0.15) is 0 Å². The van der Waals surface area contributed by atoms with Gasteiger partial charge in [0.05, 0.1) is 0 Å². The van der Waals surface area contributed by atoms with Crippen LogP contribution in [0.25, 0.3) is 0 Å². The molecule has 0 aromatic carbocycles. The normalized spacial score (nSPS) is 10.8. The van der Waals surface area contributed by atoms with Gasteiger partial charge in [0.2, 0.25) is 0 Å². The summed E-state index contributed by atoms with van der Waals surface area (Å²) in [6, 6.07) is 0. The van der Waals surface area contributed by atoms with Crippen molar-refractivity contribution in [2.75, 3.05) is 0 Å². The van der Waals surface area contributed by atoms with Gasteiger partial charge in [-0.25, -0.2) is 0 Å². The van der Waals surface area contributed by atoms with E-state index < -0.39 is 14.6 Å². The Labute approximate surface area is 105 Å². The highest BCUT2D eigenvalue weighted by molar-refractivity contribution is 7.40. The average molecular weight is 264 g/mol. The smallest absolute Gasteiger partial charge is 0.393 e. The average Bonchev–Trinajstić information content (AvgIpc) is 2.26. The summed E-state index contributed by atoms with van der Waals surface area (Å²) in [5.74, 6) is -0.510. The topological polar surface area (TPSA) is 66.8 Å². The molecule has 5 heteroatoms. The van der Waals surface area contributed by atoms with Crippen molar-refractivity contribution in [1.29, 1.82) is 0 Å². The van der Waals surface area contributed by atoms with Gasteiger partial charge in [0.25, 0.3) is 0 Å². The first-order valence-electron chi connectivity index (χ1n) is 6.55. The Morgan fingerprint density at radius 3 is 1.88 bits per heavy atom. The van der Waals surface area contributed by atoms with E-state index >= 15 is 0 Å². The van der Waals surface area contributed by atoms with Crippen molar-refractivity contribution in [3.8, 4) is 0 Å². The van der Waals surface area contributed by atoms with E-state index in [0.29, 0.717) is 0 Å². The predicted octanol–water partition coefficient (Wildman–Crippen LogP) is 3.66. The zero-order chi connectivity index (χ0) is 12.9. The third kappa shape index (κ3) is 13.8. The van der Waals surface area contributed by atoms with Crippen molar-refractivity contribution in [1.82, 2.24) is 0 Å². The molecular formula is C12H25O4P. The summed E-state index contributed by atoms with van der Waals surface area (Å²) in [6.45, 7) is 2.21. The van der Waals surface area contributed by atoms with Crippen molar-refractivity contribution in [2.24, 2.45) is 0 Å². The van der Waals surface area contributed by atoms with Crippen LogP contribution in [0.15, 0.2) is 0 Å². The fraction of sp³-hybridized carbons (Fsp3) is 0.917. The molecule has 0 spiro atoms. The highest BCUT2D eigenvalue weighted by Gasteiger charge is 2.08. The predicted molar refractivity (Wildman–Crippen MR) is 69.3 cm³/mol. The third-order valence-electron chi connectivity index (χ3n) is 2.67. The van der Waals surface area contributed by atoms with E-state index in [4.69, 9.17) is 9.79 Å². The molecule has 102 valence electrons. The molecule has 0 bridgehead atoms. The minimum absolute atomic E-state index is 0.287. The van der Waals surface area contributed by atoms with Gasteiger partial charge in [-0.3, -0.25) is 4.79 Å². The number of carbonyl (C=O) groups is 1. The van der Waals surface area contributed by atoms with E-state index in [9.17, 15) is 4.79 Å². The van der Waals surface area contributed by atoms with Crippen molar-refractivity contribution in [3.63, 3.8) is 0 Å². The first-order valence-corrected chi connectivity index (χ1v) is 7.72. The maximum Gasteiger partial charge on any atom is 0.393 e. The van der Waals surface area contributed by atoms with E-state index in [1.807, 2.05) is 0 Å². The molecule has 2 N–H and O–H groups in total. The van der Waals surface area contributed by atoms with Crippen LogP contribution in [0.4, 0.5) is 0 Å². The van der Waals surface area contributed by atoms with Gasteiger partial charge in [-0.05, 0) is 6.42 Å². The van der Waals surface area contributed by atoms with Crippen LogP contribution in [0.2, 0.25) is 0 Å². The van der Waals surface area contributed by atoms with Gasteiger partial charge >= 0.3 is 14.6 Å². The summed E-state index contributed by atoms with van der Waals surface area (Å²) in [6.07, 6.45) is 11.0. The maximum atomic E-state index is 10.9. The van der Waals surface area contributed by atoms with E-state index in [0.717, 1.165) is 19.3 Å². The van der Waals surface area contributed by atoms with E-state index in [1.54, 1.807) is 0 Å². The second kappa shape index (κ2) is 12.3.